The Labute approximate surface area is 154 Å². The number of ether oxygens (including phenoxy) is 1. The number of fused-ring (bicyclic) bond motifs is 2. The second-order valence-electron chi connectivity index (χ2n) is 7.30. The molecule has 2 aromatic rings. The zero-order valence-corrected chi connectivity index (χ0v) is 16.2. The van der Waals surface area contributed by atoms with Crippen molar-refractivity contribution in [3.8, 4) is 0 Å². The van der Waals surface area contributed by atoms with Crippen LogP contribution in [0.5, 0.6) is 0 Å². The molecule has 0 aliphatic carbocycles. The zero-order valence-electron chi connectivity index (χ0n) is 16.2. The number of unbranched alkanes of at least 4 members (excludes halogenated alkanes) is 1. The van der Waals surface area contributed by atoms with E-state index < -0.39 is 5.97 Å². The molecule has 2 heterocycles. The lowest BCUT2D eigenvalue weighted by Gasteiger charge is -2.34. The molecule has 0 spiro atoms. The number of rotatable bonds is 5. The van der Waals surface area contributed by atoms with E-state index in [1.807, 2.05) is 6.92 Å². The number of aryl methyl sites for hydroxylation is 1. The fourth-order valence-electron chi connectivity index (χ4n) is 3.76. The third-order valence-corrected chi connectivity index (χ3v) is 5.20. The summed E-state index contributed by atoms with van der Waals surface area (Å²) in [6.45, 7) is 8.77. The minimum Gasteiger partial charge on any atom is -0.462 e. The Hall–Kier alpha value is -2.30. The molecule has 1 aromatic carbocycles. The maximum atomic E-state index is 12.7. The van der Waals surface area contributed by atoms with Crippen molar-refractivity contribution in [2.75, 3.05) is 24.6 Å². The number of benzene rings is 1. The standard InChI is InChI=1S/C21H28N2O3/c1-5-7-8-26-21(25)17-11-16-10-15-9-14(3)13-23(6-2)19(15)12-18(16)22(4)20(17)24/h10-12,14H,5-9,13H2,1-4H3. The summed E-state index contributed by atoms with van der Waals surface area (Å²) in [7, 11) is 1.72. The molecule has 0 saturated carbocycles. The molecule has 0 N–H and O–H groups in total. The summed E-state index contributed by atoms with van der Waals surface area (Å²) in [5, 5.41) is 0.915. The highest BCUT2D eigenvalue weighted by Gasteiger charge is 2.23. The maximum absolute atomic E-state index is 12.7. The van der Waals surface area contributed by atoms with Gasteiger partial charge in [-0.15, -0.1) is 0 Å². The van der Waals surface area contributed by atoms with Crippen molar-refractivity contribution in [1.82, 2.24) is 4.57 Å². The van der Waals surface area contributed by atoms with Crippen molar-refractivity contribution in [1.29, 1.82) is 0 Å². The van der Waals surface area contributed by atoms with Crippen LogP contribution in [0.2, 0.25) is 0 Å². The number of aromatic nitrogens is 1. The first kappa shape index (κ1) is 18.5. The lowest BCUT2D eigenvalue weighted by Crippen LogP contribution is -2.34. The van der Waals surface area contributed by atoms with Gasteiger partial charge >= 0.3 is 5.97 Å². The quantitative estimate of drug-likeness (QED) is 0.608. The molecule has 0 radical (unpaired) electrons. The summed E-state index contributed by atoms with van der Waals surface area (Å²) in [5.41, 5.74) is 3.15. The average Bonchev–Trinajstić information content (AvgIpc) is 2.62. The number of anilines is 1. The minimum absolute atomic E-state index is 0.118. The molecule has 0 bridgehead atoms. The fraction of sp³-hybridized carbons (Fsp3) is 0.524. The van der Waals surface area contributed by atoms with Crippen LogP contribution >= 0.6 is 0 Å². The second kappa shape index (κ2) is 7.52. The van der Waals surface area contributed by atoms with Gasteiger partial charge in [-0.25, -0.2) is 4.79 Å². The van der Waals surface area contributed by atoms with Crippen LogP contribution in [0.4, 0.5) is 5.69 Å². The molecule has 3 rings (SSSR count). The van der Waals surface area contributed by atoms with Gasteiger partial charge in [-0.3, -0.25) is 4.79 Å². The van der Waals surface area contributed by atoms with E-state index in [1.54, 1.807) is 17.7 Å². The molecule has 5 heteroatoms. The van der Waals surface area contributed by atoms with Crippen molar-refractivity contribution in [3.05, 3.63) is 39.7 Å². The molecule has 26 heavy (non-hydrogen) atoms. The molecule has 5 nitrogen and oxygen atoms in total. The highest BCUT2D eigenvalue weighted by Crippen LogP contribution is 2.33. The summed E-state index contributed by atoms with van der Waals surface area (Å²) < 4.78 is 6.82. The molecule has 140 valence electrons. The molecule has 0 amide bonds. The first-order chi connectivity index (χ1) is 12.5. The van der Waals surface area contributed by atoms with E-state index in [2.05, 4.69) is 30.9 Å². The number of hydrogen-bond acceptors (Lipinski definition) is 4. The van der Waals surface area contributed by atoms with Crippen molar-refractivity contribution in [3.63, 3.8) is 0 Å². The van der Waals surface area contributed by atoms with Crippen LogP contribution in [0.3, 0.4) is 0 Å². The van der Waals surface area contributed by atoms with E-state index in [4.69, 9.17) is 4.74 Å². The monoisotopic (exact) mass is 356 g/mol. The third kappa shape index (κ3) is 3.35. The number of esters is 1. The molecular formula is C21H28N2O3. The van der Waals surface area contributed by atoms with Crippen LogP contribution < -0.4 is 10.5 Å². The predicted molar refractivity (Wildman–Crippen MR) is 105 cm³/mol. The van der Waals surface area contributed by atoms with E-state index in [9.17, 15) is 9.59 Å². The van der Waals surface area contributed by atoms with Crippen LogP contribution in [-0.2, 0) is 18.2 Å². The third-order valence-electron chi connectivity index (χ3n) is 5.20. The largest absolute Gasteiger partial charge is 0.462 e. The summed E-state index contributed by atoms with van der Waals surface area (Å²) in [5.74, 6) is 0.0631. The van der Waals surface area contributed by atoms with Gasteiger partial charge in [-0.05, 0) is 54.8 Å². The average molecular weight is 356 g/mol. The first-order valence-corrected chi connectivity index (χ1v) is 9.55. The summed E-state index contributed by atoms with van der Waals surface area (Å²) in [6.07, 6.45) is 2.76. The maximum Gasteiger partial charge on any atom is 0.343 e. The van der Waals surface area contributed by atoms with Gasteiger partial charge < -0.3 is 14.2 Å². The molecule has 1 aliphatic heterocycles. The van der Waals surface area contributed by atoms with Gasteiger partial charge in [0.15, 0.2) is 0 Å². The summed E-state index contributed by atoms with van der Waals surface area (Å²) in [4.78, 5) is 27.4. The Morgan fingerprint density at radius 1 is 1.27 bits per heavy atom. The van der Waals surface area contributed by atoms with Gasteiger partial charge in [-0.2, -0.15) is 0 Å². The number of carbonyl (C=O) groups is 1. The second-order valence-corrected chi connectivity index (χ2v) is 7.30. The highest BCUT2D eigenvalue weighted by atomic mass is 16.5. The van der Waals surface area contributed by atoms with E-state index in [1.165, 1.54) is 11.3 Å². The van der Waals surface area contributed by atoms with Crippen molar-refractivity contribution in [2.45, 2.75) is 40.0 Å². The normalized spacial score (nSPS) is 16.6. The molecular weight excluding hydrogens is 328 g/mol. The number of carbonyl (C=O) groups excluding carboxylic acids is 1. The van der Waals surface area contributed by atoms with Crippen LogP contribution in [0.15, 0.2) is 23.0 Å². The van der Waals surface area contributed by atoms with E-state index in [0.29, 0.717) is 12.5 Å². The Kier molecular flexibility index (Phi) is 5.35. The van der Waals surface area contributed by atoms with Crippen molar-refractivity contribution in [2.24, 2.45) is 13.0 Å². The number of pyridine rings is 1. The topological polar surface area (TPSA) is 51.5 Å². The van der Waals surface area contributed by atoms with Gasteiger partial charge in [-0.1, -0.05) is 20.3 Å². The van der Waals surface area contributed by atoms with Crippen LogP contribution in [0.1, 0.15) is 49.5 Å². The Balaban J connectivity index is 2.08. The van der Waals surface area contributed by atoms with Crippen LogP contribution in [0, 0.1) is 5.92 Å². The SMILES string of the molecule is CCCCOC(=O)c1cc2cc3c(cc2n(C)c1=O)N(CC)CC(C)C3. The highest BCUT2D eigenvalue weighted by molar-refractivity contribution is 5.95. The Morgan fingerprint density at radius 2 is 2.04 bits per heavy atom. The lowest BCUT2D eigenvalue weighted by atomic mass is 9.92. The molecule has 0 fully saturated rings. The van der Waals surface area contributed by atoms with Gasteiger partial charge in [0.1, 0.15) is 5.56 Å². The molecule has 1 aromatic heterocycles. The van der Waals surface area contributed by atoms with Crippen molar-refractivity contribution >= 4 is 22.6 Å². The summed E-state index contributed by atoms with van der Waals surface area (Å²) in [6, 6.07) is 5.92. The lowest BCUT2D eigenvalue weighted by molar-refractivity contribution is 0.0497. The predicted octanol–water partition coefficient (Wildman–Crippen LogP) is 3.51. The van der Waals surface area contributed by atoms with Gasteiger partial charge in [0.05, 0.1) is 12.1 Å². The van der Waals surface area contributed by atoms with E-state index in [-0.39, 0.29) is 11.1 Å². The number of nitrogens with zero attached hydrogens (tertiary/aromatic N) is 2. The van der Waals surface area contributed by atoms with E-state index in [0.717, 1.165) is 43.3 Å². The molecule has 0 saturated heterocycles. The van der Waals surface area contributed by atoms with Gasteiger partial charge in [0.25, 0.3) is 5.56 Å². The fourth-order valence-corrected chi connectivity index (χ4v) is 3.76. The van der Waals surface area contributed by atoms with Crippen LogP contribution in [0.25, 0.3) is 10.9 Å². The Bertz CT molecular complexity index is 885. The zero-order chi connectivity index (χ0) is 18.8. The van der Waals surface area contributed by atoms with E-state index >= 15 is 0 Å². The van der Waals surface area contributed by atoms with Gasteiger partial charge in [0, 0.05) is 25.8 Å². The molecule has 1 unspecified atom stereocenters. The Morgan fingerprint density at radius 3 is 2.73 bits per heavy atom. The van der Waals surface area contributed by atoms with Crippen molar-refractivity contribution < 1.29 is 9.53 Å². The summed E-state index contributed by atoms with van der Waals surface area (Å²) >= 11 is 0. The molecule has 1 atom stereocenters. The smallest absolute Gasteiger partial charge is 0.343 e. The minimum atomic E-state index is -0.526. The molecule has 1 aliphatic rings. The number of hydrogen-bond donors (Lipinski definition) is 0. The van der Waals surface area contributed by atoms with Gasteiger partial charge in [0.2, 0.25) is 0 Å². The first-order valence-electron chi connectivity index (χ1n) is 9.55. The van der Waals surface area contributed by atoms with Crippen LogP contribution in [-0.4, -0.2) is 30.2 Å².